The Bertz CT molecular complexity index is 172. The molecule has 0 aliphatic carbocycles. The Morgan fingerprint density at radius 2 is 2.56 bits per heavy atom. The molecule has 1 heterocycles. The van der Waals surface area contributed by atoms with Crippen molar-refractivity contribution in [1.82, 2.24) is 0 Å². The molecule has 0 atom stereocenters. The summed E-state index contributed by atoms with van der Waals surface area (Å²) in [5.74, 6) is 0.928. The molecule has 0 aromatic carbocycles. The van der Waals surface area contributed by atoms with Gasteiger partial charge in [-0.3, -0.25) is 0 Å². The maximum absolute atomic E-state index is 5.05. The quantitative estimate of drug-likeness (QED) is 0.587. The summed E-state index contributed by atoms with van der Waals surface area (Å²) in [4.78, 5) is 0. The molecule has 9 heavy (non-hydrogen) atoms. The van der Waals surface area contributed by atoms with E-state index in [1.165, 1.54) is 0 Å². The van der Waals surface area contributed by atoms with E-state index in [0.717, 1.165) is 12.2 Å². The Hall–Kier alpha value is -0.980. The number of allylic oxidation sites excluding steroid dienone is 1. The van der Waals surface area contributed by atoms with Gasteiger partial charge in [-0.15, -0.1) is 0 Å². The van der Waals surface area contributed by atoms with Crippen LogP contribution in [0.5, 0.6) is 0 Å². The van der Waals surface area contributed by atoms with Gasteiger partial charge in [0.25, 0.3) is 0 Å². The van der Waals surface area contributed by atoms with Gasteiger partial charge >= 0.3 is 0 Å². The Morgan fingerprint density at radius 3 is 3.11 bits per heavy atom. The molecule has 1 nitrogen and oxygen atoms in total. The van der Waals surface area contributed by atoms with Crippen LogP contribution in [0.15, 0.2) is 28.9 Å². The monoisotopic (exact) mass is 122 g/mol. The summed E-state index contributed by atoms with van der Waals surface area (Å²) in [6.45, 7) is 2.10. The van der Waals surface area contributed by atoms with Crippen molar-refractivity contribution in [3.8, 4) is 0 Å². The third kappa shape index (κ3) is 1.76. The summed E-state index contributed by atoms with van der Waals surface area (Å²) in [7, 11) is 0. The summed E-state index contributed by atoms with van der Waals surface area (Å²) in [6.07, 6.45) is 6.77. The number of rotatable bonds is 2. The van der Waals surface area contributed by atoms with Crippen LogP contribution in [-0.4, -0.2) is 0 Å². The van der Waals surface area contributed by atoms with Gasteiger partial charge in [0.05, 0.1) is 6.26 Å². The van der Waals surface area contributed by atoms with Gasteiger partial charge in [-0.25, -0.2) is 0 Å². The standard InChI is InChI=1S/C8H10O/c1-2-3-5-8-6-4-7-9-8/h3-7H,2H2,1H3. The summed E-state index contributed by atoms with van der Waals surface area (Å²) in [5.41, 5.74) is 0. The van der Waals surface area contributed by atoms with Gasteiger partial charge < -0.3 is 4.42 Å². The lowest BCUT2D eigenvalue weighted by atomic mass is 10.3. The predicted molar refractivity (Wildman–Crippen MR) is 38.0 cm³/mol. The highest BCUT2D eigenvalue weighted by molar-refractivity contribution is 5.41. The zero-order valence-corrected chi connectivity index (χ0v) is 5.50. The zero-order chi connectivity index (χ0) is 6.53. The molecule has 0 unspecified atom stereocenters. The summed E-state index contributed by atoms with van der Waals surface area (Å²) in [6, 6.07) is 3.82. The first-order valence-electron chi connectivity index (χ1n) is 3.13. The fourth-order valence-corrected chi connectivity index (χ4v) is 0.620. The Morgan fingerprint density at radius 1 is 1.67 bits per heavy atom. The van der Waals surface area contributed by atoms with Crippen LogP contribution in [0.25, 0.3) is 6.08 Å². The largest absolute Gasteiger partial charge is 0.465 e. The SMILES string of the molecule is CCC=Cc1ccco1. The van der Waals surface area contributed by atoms with Crippen molar-refractivity contribution < 1.29 is 4.42 Å². The highest BCUT2D eigenvalue weighted by Crippen LogP contribution is 2.02. The van der Waals surface area contributed by atoms with E-state index in [1.807, 2.05) is 18.2 Å². The molecule has 1 aromatic heterocycles. The molecule has 0 radical (unpaired) electrons. The lowest BCUT2D eigenvalue weighted by Crippen LogP contribution is -1.57. The minimum atomic E-state index is 0.928. The molecule has 0 saturated heterocycles. The number of hydrogen-bond acceptors (Lipinski definition) is 1. The first-order chi connectivity index (χ1) is 4.43. The van der Waals surface area contributed by atoms with Crippen LogP contribution in [0.3, 0.4) is 0 Å². The van der Waals surface area contributed by atoms with Crippen molar-refractivity contribution in [3.63, 3.8) is 0 Å². The van der Waals surface area contributed by atoms with E-state index in [-0.39, 0.29) is 0 Å². The fourth-order valence-electron chi connectivity index (χ4n) is 0.620. The second kappa shape index (κ2) is 3.13. The molecule has 1 aromatic rings. The minimum Gasteiger partial charge on any atom is -0.465 e. The van der Waals surface area contributed by atoms with E-state index >= 15 is 0 Å². The molecular formula is C8H10O. The van der Waals surface area contributed by atoms with Gasteiger partial charge in [0, 0.05) is 0 Å². The maximum Gasteiger partial charge on any atom is 0.126 e. The highest BCUT2D eigenvalue weighted by Gasteiger charge is 1.83. The van der Waals surface area contributed by atoms with Crippen LogP contribution in [0.2, 0.25) is 0 Å². The van der Waals surface area contributed by atoms with Crippen molar-refractivity contribution in [3.05, 3.63) is 30.2 Å². The van der Waals surface area contributed by atoms with Crippen molar-refractivity contribution in [1.29, 1.82) is 0 Å². The third-order valence-corrected chi connectivity index (χ3v) is 1.06. The molecule has 0 amide bonds. The molecule has 1 rings (SSSR count). The molecule has 0 aliphatic heterocycles. The fraction of sp³-hybridized carbons (Fsp3) is 0.250. The first-order valence-corrected chi connectivity index (χ1v) is 3.13. The second-order valence-corrected chi connectivity index (χ2v) is 1.83. The van der Waals surface area contributed by atoms with Crippen LogP contribution in [0, 0.1) is 0 Å². The third-order valence-electron chi connectivity index (χ3n) is 1.06. The van der Waals surface area contributed by atoms with Gasteiger partial charge in [-0.05, 0) is 24.6 Å². The highest BCUT2D eigenvalue weighted by atomic mass is 16.3. The van der Waals surface area contributed by atoms with E-state index in [9.17, 15) is 0 Å². The van der Waals surface area contributed by atoms with Crippen molar-refractivity contribution in [2.45, 2.75) is 13.3 Å². The molecule has 0 fully saturated rings. The van der Waals surface area contributed by atoms with E-state index < -0.39 is 0 Å². The average molecular weight is 122 g/mol. The smallest absolute Gasteiger partial charge is 0.126 e. The van der Waals surface area contributed by atoms with Crippen LogP contribution in [0.4, 0.5) is 0 Å². The first kappa shape index (κ1) is 6.14. The van der Waals surface area contributed by atoms with Gasteiger partial charge in [0.1, 0.15) is 5.76 Å². The topological polar surface area (TPSA) is 13.1 Å². The molecule has 0 spiro atoms. The van der Waals surface area contributed by atoms with Gasteiger partial charge in [0.15, 0.2) is 0 Å². The lowest BCUT2D eigenvalue weighted by Gasteiger charge is -1.79. The zero-order valence-electron chi connectivity index (χ0n) is 5.50. The number of furan rings is 1. The summed E-state index contributed by atoms with van der Waals surface area (Å²) in [5, 5.41) is 0. The molecular weight excluding hydrogens is 112 g/mol. The Labute approximate surface area is 55.0 Å². The van der Waals surface area contributed by atoms with Crippen molar-refractivity contribution in [2.75, 3.05) is 0 Å². The van der Waals surface area contributed by atoms with Crippen molar-refractivity contribution in [2.24, 2.45) is 0 Å². The Balaban J connectivity index is 2.57. The second-order valence-electron chi connectivity index (χ2n) is 1.83. The van der Waals surface area contributed by atoms with E-state index in [0.29, 0.717) is 0 Å². The summed E-state index contributed by atoms with van der Waals surface area (Å²) < 4.78 is 5.05. The predicted octanol–water partition coefficient (Wildman–Crippen LogP) is 2.70. The van der Waals surface area contributed by atoms with Crippen LogP contribution in [0.1, 0.15) is 19.1 Å². The van der Waals surface area contributed by atoms with E-state index in [1.54, 1.807) is 6.26 Å². The van der Waals surface area contributed by atoms with E-state index in [2.05, 4.69) is 13.0 Å². The molecule has 0 aliphatic rings. The molecule has 0 saturated carbocycles. The number of hydrogen-bond donors (Lipinski definition) is 0. The average Bonchev–Trinajstić information content (AvgIpc) is 2.34. The lowest BCUT2D eigenvalue weighted by molar-refractivity contribution is 0.557. The minimum absolute atomic E-state index is 0.928. The van der Waals surface area contributed by atoms with Crippen LogP contribution in [-0.2, 0) is 0 Å². The van der Waals surface area contributed by atoms with Crippen LogP contribution < -0.4 is 0 Å². The molecule has 48 valence electrons. The molecule has 0 bridgehead atoms. The van der Waals surface area contributed by atoms with Gasteiger partial charge in [-0.1, -0.05) is 13.0 Å². The molecule has 0 N–H and O–H groups in total. The van der Waals surface area contributed by atoms with Crippen LogP contribution >= 0.6 is 0 Å². The van der Waals surface area contributed by atoms with Gasteiger partial charge in [-0.2, -0.15) is 0 Å². The normalized spacial score (nSPS) is 10.8. The maximum atomic E-state index is 5.05. The van der Waals surface area contributed by atoms with Gasteiger partial charge in [0.2, 0.25) is 0 Å². The summed E-state index contributed by atoms with van der Waals surface area (Å²) >= 11 is 0. The Kier molecular flexibility index (Phi) is 2.13. The van der Waals surface area contributed by atoms with E-state index in [4.69, 9.17) is 4.42 Å². The molecule has 1 heteroatoms. The van der Waals surface area contributed by atoms with Crippen molar-refractivity contribution >= 4 is 6.08 Å².